The molecule has 0 heterocycles. The Kier molecular flexibility index (Phi) is 3.38. The first-order valence-corrected chi connectivity index (χ1v) is 5.84. The second-order valence-corrected chi connectivity index (χ2v) is 4.53. The van der Waals surface area contributed by atoms with E-state index in [9.17, 15) is 0 Å². The van der Waals surface area contributed by atoms with Crippen LogP contribution in [0.5, 0.6) is 0 Å². The fourth-order valence-electron chi connectivity index (χ4n) is 1.68. The molecule has 1 nitrogen and oxygen atoms in total. The number of benzene rings is 2. The molecule has 2 aromatic rings. The summed E-state index contributed by atoms with van der Waals surface area (Å²) in [5.74, 6) is 0. The summed E-state index contributed by atoms with van der Waals surface area (Å²) >= 11 is 12.1. The van der Waals surface area contributed by atoms with Crippen LogP contribution in [0.2, 0.25) is 10.0 Å². The molecule has 84 valence electrons. The van der Waals surface area contributed by atoms with Gasteiger partial charge >= 0.3 is 0 Å². The van der Waals surface area contributed by atoms with E-state index < -0.39 is 0 Å². The number of halogens is 2. The average molecular weight is 262 g/mol. The molecule has 0 saturated carbocycles. The second-order valence-electron chi connectivity index (χ2n) is 3.74. The normalized spacial score (nSPS) is 10.0. The largest absolute Gasteiger partial charge is 0.192 e. The Labute approximate surface area is 110 Å². The molecule has 0 saturated heterocycles. The van der Waals surface area contributed by atoms with E-state index >= 15 is 0 Å². The molecule has 0 bridgehead atoms. The first-order valence-electron chi connectivity index (χ1n) is 5.08. The van der Waals surface area contributed by atoms with E-state index in [0.717, 1.165) is 16.7 Å². The van der Waals surface area contributed by atoms with Gasteiger partial charge in [-0.2, -0.15) is 5.26 Å². The van der Waals surface area contributed by atoms with Crippen LogP contribution in [0.15, 0.2) is 36.4 Å². The third-order valence-corrected chi connectivity index (χ3v) is 3.43. The van der Waals surface area contributed by atoms with Crippen molar-refractivity contribution in [2.24, 2.45) is 0 Å². The van der Waals surface area contributed by atoms with Crippen molar-refractivity contribution < 1.29 is 0 Å². The highest BCUT2D eigenvalue weighted by Gasteiger charge is 2.07. The summed E-state index contributed by atoms with van der Waals surface area (Å²) in [6.45, 7) is 1.90. The van der Waals surface area contributed by atoms with Crippen molar-refractivity contribution in [1.82, 2.24) is 0 Å². The van der Waals surface area contributed by atoms with Crippen molar-refractivity contribution in [3.63, 3.8) is 0 Å². The third kappa shape index (κ3) is 2.29. The molecule has 0 aliphatic heterocycles. The van der Waals surface area contributed by atoms with Crippen LogP contribution >= 0.6 is 23.2 Å². The van der Waals surface area contributed by atoms with Gasteiger partial charge in [-0.15, -0.1) is 0 Å². The van der Waals surface area contributed by atoms with E-state index in [4.69, 9.17) is 28.5 Å². The lowest BCUT2D eigenvalue weighted by Gasteiger charge is -2.07. The van der Waals surface area contributed by atoms with E-state index in [1.54, 1.807) is 12.1 Å². The van der Waals surface area contributed by atoms with E-state index in [1.165, 1.54) is 0 Å². The lowest BCUT2D eigenvalue weighted by molar-refractivity contribution is 1.39. The summed E-state index contributed by atoms with van der Waals surface area (Å²) in [6.07, 6.45) is 0. The molecule has 0 N–H and O–H groups in total. The summed E-state index contributed by atoms with van der Waals surface area (Å²) in [5.41, 5.74) is 3.45. The van der Waals surface area contributed by atoms with Gasteiger partial charge in [0.15, 0.2) is 0 Å². The van der Waals surface area contributed by atoms with E-state index in [0.29, 0.717) is 15.6 Å². The van der Waals surface area contributed by atoms with Gasteiger partial charge in [0.05, 0.1) is 21.7 Å². The molecule has 0 radical (unpaired) electrons. The minimum atomic E-state index is 0.533. The maximum absolute atomic E-state index is 8.88. The fraction of sp³-hybridized carbons (Fsp3) is 0.0714. The van der Waals surface area contributed by atoms with Gasteiger partial charge in [-0.25, -0.2) is 0 Å². The second kappa shape index (κ2) is 4.79. The summed E-state index contributed by atoms with van der Waals surface area (Å²) in [7, 11) is 0. The fourth-order valence-corrected chi connectivity index (χ4v) is 2.09. The Balaban J connectivity index is 2.59. The molecule has 17 heavy (non-hydrogen) atoms. The molecule has 0 aliphatic carbocycles. The monoisotopic (exact) mass is 261 g/mol. The topological polar surface area (TPSA) is 23.8 Å². The number of hydrogen-bond acceptors (Lipinski definition) is 1. The number of hydrogen-bond donors (Lipinski definition) is 0. The molecule has 2 aromatic carbocycles. The van der Waals surface area contributed by atoms with Crippen molar-refractivity contribution in [2.75, 3.05) is 0 Å². The van der Waals surface area contributed by atoms with Crippen molar-refractivity contribution in [2.45, 2.75) is 6.92 Å². The van der Waals surface area contributed by atoms with Crippen LogP contribution < -0.4 is 0 Å². The van der Waals surface area contributed by atoms with Crippen LogP contribution in [0.1, 0.15) is 11.1 Å². The highest BCUT2D eigenvalue weighted by Crippen LogP contribution is 2.33. The Hall–Kier alpha value is -1.49. The maximum Gasteiger partial charge on any atom is 0.0994 e. The van der Waals surface area contributed by atoms with E-state index in [-0.39, 0.29) is 0 Å². The molecule has 2 rings (SSSR count). The van der Waals surface area contributed by atoms with Crippen LogP contribution in [-0.4, -0.2) is 0 Å². The minimum Gasteiger partial charge on any atom is -0.192 e. The predicted molar refractivity (Wildman–Crippen MR) is 71.4 cm³/mol. The molecule has 0 unspecified atom stereocenters. The van der Waals surface area contributed by atoms with Gasteiger partial charge in [0.1, 0.15) is 0 Å². The van der Waals surface area contributed by atoms with Crippen molar-refractivity contribution >= 4 is 23.2 Å². The molecule has 3 heteroatoms. The van der Waals surface area contributed by atoms with Crippen LogP contribution in [0.4, 0.5) is 0 Å². The SMILES string of the molecule is Cc1cc(-c2cccc(Cl)c2Cl)ccc1C#N. The molecule has 0 spiro atoms. The third-order valence-electron chi connectivity index (χ3n) is 2.61. The minimum absolute atomic E-state index is 0.533. The van der Waals surface area contributed by atoms with E-state index in [2.05, 4.69) is 6.07 Å². The van der Waals surface area contributed by atoms with Gasteiger partial charge in [-0.1, -0.05) is 47.5 Å². The number of rotatable bonds is 1. The van der Waals surface area contributed by atoms with Gasteiger partial charge in [-0.3, -0.25) is 0 Å². The molecule has 0 amide bonds. The van der Waals surface area contributed by atoms with Crippen LogP contribution in [0.3, 0.4) is 0 Å². The van der Waals surface area contributed by atoms with Gasteiger partial charge in [0.2, 0.25) is 0 Å². The first kappa shape index (κ1) is 12.0. The molecule has 0 aromatic heterocycles. The standard InChI is InChI=1S/C14H9Cl2N/c1-9-7-10(5-6-11(9)8-17)12-3-2-4-13(15)14(12)16/h2-7H,1H3. The van der Waals surface area contributed by atoms with Crippen LogP contribution in [0, 0.1) is 18.3 Å². The smallest absolute Gasteiger partial charge is 0.0994 e. The predicted octanol–water partition coefficient (Wildman–Crippen LogP) is 4.84. The molecule has 0 fully saturated rings. The van der Waals surface area contributed by atoms with Crippen molar-refractivity contribution in [3.05, 3.63) is 57.6 Å². The van der Waals surface area contributed by atoms with Crippen molar-refractivity contribution in [1.29, 1.82) is 5.26 Å². The Morgan fingerprint density at radius 2 is 1.88 bits per heavy atom. The lowest BCUT2D eigenvalue weighted by Crippen LogP contribution is -1.85. The number of aryl methyl sites for hydroxylation is 1. The average Bonchev–Trinajstić information content (AvgIpc) is 2.32. The number of nitriles is 1. The van der Waals surface area contributed by atoms with E-state index in [1.807, 2.05) is 31.2 Å². The quantitative estimate of drug-likeness (QED) is 0.721. The van der Waals surface area contributed by atoms with Crippen LogP contribution in [0.25, 0.3) is 11.1 Å². The zero-order valence-corrected chi connectivity index (χ0v) is 10.7. The first-order chi connectivity index (χ1) is 8.13. The molecule has 0 atom stereocenters. The summed E-state index contributed by atoms with van der Waals surface area (Å²) < 4.78 is 0. The van der Waals surface area contributed by atoms with Crippen LogP contribution in [-0.2, 0) is 0 Å². The zero-order valence-electron chi connectivity index (χ0n) is 9.17. The highest BCUT2D eigenvalue weighted by atomic mass is 35.5. The van der Waals surface area contributed by atoms with Gasteiger partial charge in [0.25, 0.3) is 0 Å². The molecular formula is C14H9Cl2N. The Morgan fingerprint density at radius 1 is 1.12 bits per heavy atom. The molecular weight excluding hydrogens is 253 g/mol. The summed E-state index contributed by atoms with van der Waals surface area (Å²) in [5, 5.41) is 9.95. The number of nitrogens with zero attached hydrogens (tertiary/aromatic N) is 1. The Morgan fingerprint density at radius 3 is 2.53 bits per heavy atom. The highest BCUT2D eigenvalue weighted by molar-refractivity contribution is 6.43. The lowest BCUT2D eigenvalue weighted by atomic mass is 10.0. The van der Waals surface area contributed by atoms with Gasteiger partial charge in [-0.05, 0) is 30.2 Å². The molecule has 0 aliphatic rings. The zero-order chi connectivity index (χ0) is 12.4. The van der Waals surface area contributed by atoms with Gasteiger partial charge in [0, 0.05) is 5.56 Å². The summed E-state index contributed by atoms with van der Waals surface area (Å²) in [4.78, 5) is 0. The summed E-state index contributed by atoms with van der Waals surface area (Å²) in [6, 6.07) is 13.3. The maximum atomic E-state index is 8.88. The van der Waals surface area contributed by atoms with Crippen molar-refractivity contribution in [3.8, 4) is 17.2 Å². The Bertz CT molecular complexity index is 612. The van der Waals surface area contributed by atoms with Gasteiger partial charge < -0.3 is 0 Å².